The predicted molar refractivity (Wildman–Crippen MR) is 74.3 cm³/mol. The fourth-order valence-corrected chi connectivity index (χ4v) is 3.60. The van der Waals surface area contributed by atoms with E-state index in [4.69, 9.17) is 11.5 Å². The van der Waals surface area contributed by atoms with Crippen molar-refractivity contribution in [1.29, 1.82) is 0 Å². The zero-order valence-electron chi connectivity index (χ0n) is 10.3. The van der Waals surface area contributed by atoms with E-state index in [9.17, 15) is 13.2 Å². The van der Waals surface area contributed by atoms with Gasteiger partial charge in [-0.05, 0) is 48.0 Å². The summed E-state index contributed by atoms with van der Waals surface area (Å²) in [6.45, 7) is 3.05. The predicted octanol–water partition coefficient (Wildman–Crippen LogP) is 1.84. The van der Waals surface area contributed by atoms with Crippen LogP contribution in [0, 0.1) is 12.3 Å². The molecule has 0 aliphatic carbocycles. The molecule has 19 heavy (non-hydrogen) atoms. The number of terminal acetylenes is 1. The minimum absolute atomic E-state index is 0.123. The Hall–Kier alpha value is -1.36. The smallest absolute Gasteiger partial charge is 0.335 e. The van der Waals surface area contributed by atoms with Crippen LogP contribution >= 0.6 is 15.9 Å². The monoisotopic (exact) mass is 345 g/mol. The van der Waals surface area contributed by atoms with Gasteiger partial charge in [0, 0.05) is 4.47 Å². The Balaban J connectivity index is 3.33. The minimum Gasteiger partial charge on any atom is -0.478 e. The number of sulfonamides is 1. The van der Waals surface area contributed by atoms with Crippen LogP contribution in [-0.4, -0.2) is 25.0 Å². The van der Waals surface area contributed by atoms with Crippen LogP contribution in [0.2, 0.25) is 0 Å². The number of hydrogen-bond donors (Lipinski definition) is 2. The number of halogens is 1. The number of aromatic carboxylic acids is 1. The summed E-state index contributed by atoms with van der Waals surface area (Å²) in [6, 6.07) is 3.74. The molecular formula is C12H12BrNO4S. The van der Waals surface area contributed by atoms with Crippen molar-refractivity contribution >= 4 is 31.9 Å². The van der Waals surface area contributed by atoms with E-state index in [0.29, 0.717) is 0 Å². The Kier molecular flexibility index (Phi) is 4.40. The Morgan fingerprint density at radius 1 is 1.47 bits per heavy atom. The zero-order valence-corrected chi connectivity index (χ0v) is 12.7. The molecule has 5 nitrogen and oxygen atoms in total. The van der Waals surface area contributed by atoms with Crippen molar-refractivity contribution in [3.63, 3.8) is 0 Å². The van der Waals surface area contributed by atoms with Gasteiger partial charge in [0.25, 0.3) is 0 Å². The largest absolute Gasteiger partial charge is 0.478 e. The van der Waals surface area contributed by atoms with Crippen molar-refractivity contribution in [3.8, 4) is 12.3 Å². The molecule has 0 spiro atoms. The number of hydrogen-bond acceptors (Lipinski definition) is 3. The third-order valence-electron chi connectivity index (χ3n) is 2.22. The molecule has 0 saturated carbocycles. The van der Waals surface area contributed by atoms with E-state index in [0.717, 1.165) is 6.07 Å². The molecule has 7 heteroatoms. The molecule has 0 amide bonds. The average molecular weight is 346 g/mol. The first-order valence-electron chi connectivity index (χ1n) is 5.14. The van der Waals surface area contributed by atoms with Crippen molar-refractivity contribution in [2.45, 2.75) is 24.3 Å². The first-order valence-corrected chi connectivity index (χ1v) is 7.41. The van der Waals surface area contributed by atoms with Gasteiger partial charge in [-0.2, -0.15) is 4.72 Å². The van der Waals surface area contributed by atoms with Gasteiger partial charge in [0.2, 0.25) is 10.0 Å². The molecule has 0 bridgehead atoms. The van der Waals surface area contributed by atoms with Gasteiger partial charge in [-0.1, -0.05) is 5.92 Å². The molecule has 102 valence electrons. The molecule has 0 saturated heterocycles. The number of benzene rings is 1. The first-order chi connectivity index (χ1) is 8.59. The third kappa shape index (κ3) is 3.80. The molecule has 0 fully saturated rings. The van der Waals surface area contributed by atoms with E-state index in [1.54, 1.807) is 0 Å². The summed E-state index contributed by atoms with van der Waals surface area (Å²) < 4.78 is 26.9. The number of nitrogens with one attached hydrogen (secondary N) is 1. The van der Waals surface area contributed by atoms with Gasteiger partial charge in [-0.25, -0.2) is 13.2 Å². The molecular weight excluding hydrogens is 334 g/mol. The highest BCUT2D eigenvalue weighted by molar-refractivity contribution is 9.10. The lowest BCUT2D eigenvalue weighted by atomic mass is 10.1. The maximum absolute atomic E-state index is 12.2. The molecule has 1 rings (SSSR count). The lowest BCUT2D eigenvalue weighted by Gasteiger charge is -2.20. The van der Waals surface area contributed by atoms with Gasteiger partial charge in [0.15, 0.2) is 0 Å². The maximum atomic E-state index is 12.2. The Morgan fingerprint density at radius 2 is 2.05 bits per heavy atom. The van der Waals surface area contributed by atoms with Crippen molar-refractivity contribution in [2.24, 2.45) is 0 Å². The second-order valence-corrected chi connectivity index (χ2v) is 6.83. The lowest BCUT2D eigenvalue weighted by molar-refractivity contribution is 0.0696. The number of rotatable bonds is 4. The van der Waals surface area contributed by atoms with Crippen LogP contribution in [-0.2, 0) is 10.0 Å². The molecule has 0 aliphatic rings. The van der Waals surface area contributed by atoms with Crippen LogP contribution in [0.15, 0.2) is 27.6 Å². The molecule has 1 aromatic carbocycles. The zero-order chi connectivity index (χ0) is 14.8. The van der Waals surface area contributed by atoms with Crippen molar-refractivity contribution < 1.29 is 18.3 Å². The van der Waals surface area contributed by atoms with E-state index < -0.39 is 21.5 Å². The van der Waals surface area contributed by atoms with E-state index in [1.165, 1.54) is 26.0 Å². The van der Waals surface area contributed by atoms with E-state index in [1.807, 2.05) is 0 Å². The standard InChI is InChI=1S/C12H12BrNO4S/c1-4-12(2,3)14-19(17,18)10-7-8(11(15)16)5-6-9(10)13/h1,5-7,14H,2-3H3,(H,15,16). The van der Waals surface area contributed by atoms with Crippen LogP contribution in [0.4, 0.5) is 0 Å². The Bertz CT molecular complexity index is 659. The second kappa shape index (κ2) is 5.33. The van der Waals surface area contributed by atoms with Crippen molar-refractivity contribution in [3.05, 3.63) is 28.2 Å². The Labute approximate surface area is 120 Å². The van der Waals surface area contributed by atoms with Gasteiger partial charge in [0.05, 0.1) is 16.0 Å². The molecule has 0 unspecified atom stereocenters. The summed E-state index contributed by atoms with van der Waals surface area (Å²) in [5.41, 5.74) is -1.19. The van der Waals surface area contributed by atoms with E-state index in [-0.39, 0.29) is 14.9 Å². The topological polar surface area (TPSA) is 83.5 Å². The molecule has 2 N–H and O–H groups in total. The molecule has 0 radical (unpaired) electrons. The van der Waals surface area contributed by atoms with Crippen LogP contribution in [0.3, 0.4) is 0 Å². The second-order valence-electron chi connectivity index (χ2n) is 4.33. The number of carbonyl (C=O) groups is 1. The average Bonchev–Trinajstić information content (AvgIpc) is 2.27. The molecule has 1 aromatic rings. The summed E-state index contributed by atoms with van der Waals surface area (Å²) in [6.07, 6.45) is 5.22. The normalized spacial score (nSPS) is 11.9. The van der Waals surface area contributed by atoms with Crippen LogP contribution in [0.1, 0.15) is 24.2 Å². The summed E-state index contributed by atoms with van der Waals surface area (Å²) >= 11 is 3.08. The summed E-state index contributed by atoms with van der Waals surface area (Å²) in [5, 5.41) is 8.88. The van der Waals surface area contributed by atoms with E-state index in [2.05, 4.69) is 26.6 Å². The van der Waals surface area contributed by atoms with Gasteiger partial charge in [0.1, 0.15) is 0 Å². The highest BCUT2D eigenvalue weighted by Crippen LogP contribution is 2.24. The third-order valence-corrected chi connectivity index (χ3v) is 4.87. The van der Waals surface area contributed by atoms with Gasteiger partial charge >= 0.3 is 5.97 Å². The molecule has 0 aliphatic heterocycles. The van der Waals surface area contributed by atoms with Crippen LogP contribution in [0.25, 0.3) is 0 Å². The fourth-order valence-electron chi connectivity index (χ4n) is 1.26. The van der Waals surface area contributed by atoms with Gasteiger partial charge in [-0.3, -0.25) is 0 Å². The lowest BCUT2D eigenvalue weighted by Crippen LogP contribution is -2.42. The van der Waals surface area contributed by atoms with Crippen LogP contribution < -0.4 is 4.72 Å². The van der Waals surface area contributed by atoms with Gasteiger partial charge < -0.3 is 5.11 Å². The molecule has 0 atom stereocenters. The summed E-state index contributed by atoms with van der Waals surface area (Å²) in [4.78, 5) is 10.7. The van der Waals surface area contributed by atoms with Crippen LogP contribution in [0.5, 0.6) is 0 Å². The summed E-state index contributed by atoms with van der Waals surface area (Å²) in [7, 11) is -3.92. The van der Waals surface area contributed by atoms with Gasteiger partial charge in [-0.15, -0.1) is 6.42 Å². The number of carboxylic acids is 1. The quantitative estimate of drug-likeness (QED) is 0.815. The SMILES string of the molecule is C#CC(C)(C)NS(=O)(=O)c1cc(C(=O)O)ccc1Br. The minimum atomic E-state index is -3.92. The molecule has 0 heterocycles. The highest BCUT2D eigenvalue weighted by Gasteiger charge is 2.26. The molecule has 0 aromatic heterocycles. The fraction of sp³-hybridized carbons (Fsp3) is 0.250. The first kappa shape index (κ1) is 15.7. The van der Waals surface area contributed by atoms with Crippen molar-refractivity contribution in [1.82, 2.24) is 4.72 Å². The van der Waals surface area contributed by atoms with E-state index >= 15 is 0 Å². The number of carboxylic acid groups (broad SMARTS) is 1. The van der Waals surface area contributed by atoms with Crippen molar-refractivity contribution in [2.75, 3.05) is 0 Å². The maximum Gasteiger partial charge on any atom is 0.335 e. The Morgan fingerprint density at radius 3 is 2.53 bits per heavy atom. The summed E-state index contributed by atoms with van der Waals surface area (Å²) in [5.74, 6) is 1.09. The highest BCUT2D eigenvalue weighted by atomic mass is 79.9.